The average molecular weight is 519 g/mol. The van der Waals surface area contributed by atoms with Gasteiger partial charge in [0.15, 0.2) is 17.5 Å². The summed E-state index contributed by atoms with van der Waals surface area (Å²) >= 11 is 0. The average Bonchev–Trinajstić information content (AvgIpc) is 3.33. The van der Waals surface area contributed by atoms with Crippen molar-refractivity contribution >= 4 is 33.7 Å². The number of anilines is 1. The summed E-state index contributed by atoms with van der Waals surface area (Å²) in [6.07, 6.45) is 7.97. The van der Waals surface area contributed by atoms with Gasteiger partial charge in [-0.3, -0.25) is 9.69 Å². The van der Waals surface area contributed by atoms with Crippen LogP contribution in [0.5, 0.6) is 0 Å². The minimum absolute atomic E-state index is 0.0260. The Hall–Kier alpha value is -3.59. The van der Waals surface area contributed by atoms with Crippen molar-refractivity contribution in [2.45, 2.75) is 44.6 Å². The molecule has 0 unspecified atom stereocenters. The highest BCUT2D eigenvalue weighted by Crippen LogP contribution is 2.30. The normalized spacial score (nSPS) is 17.4. The SMILES string of the molecule is O=C(NC1CCCCC1)c1ccc2[nH]c3c(N4CCN(CCc5ccc(F)c(F)c5)CC4)ncnc3c2c1. The number of fused-ring (bicyclic) bond motifs is 3. The Morgan fingerprint density at radius 3 is 2.58 bits per heavy atom. The molecule has 4 aromatic rings. The number of H-pyrrole nitrogens is 1. The second-order valence-corrected chi connectivity index (χ2v) is 10.4. The van der Waals surface area contributed by atoms with Gasteiger partial charge in [-0.25, -0.2) is 18.7 Å². The Balaban J connectivity index is 1.14. The standard InChI is InChI=1S/C29H32F2N6O/c30-23-8-6-19(16-24(23)31)10-11-36-12-14-37(15-13-36)28-27-26(32-18-33-28)22-17-20(7-9-25(22)35-27)29(38)34-21-4-2-1-3-5-21/h6-9,16-18,21,35H,1-5,10-15H2,(H,34,38). The molecular weight excluding hydrogens is 486 g/mol. The van der Waals surface area contributed by atoms with E-state index in [-0.39, 0.29) is 11.9 Å². The van der Waals surface area contributed by atoms with Crippen LogP contribution in [0.3, 0.4) is 0 Å². The van der Waals surface area contributed by atoms with Gasteiger partial charge in [-0.2, -0.15) is 0 Å². The van der Waals surface area contributed by atoms with Gasteiger partial charge in [-0.05, 0) is 55.2 Å². The number of nitrogens with zero attached hydrogens (tertiary/aromatic N) is 4. The molecule has 7 nitrogen and oxygen atoms in total. The van der Waals surface area contributed by atoms with Crippen molar-refractivity contribution in [2.75, 3.05) is 37.6 Å². The van der Waals surface area contributed by atoms with E-state index in [1.54, 1.807) is 12.4 Å². The quantitative estimate of drug-likeness (QED) is 0.383. The summed E-state index contributed by atoms with van der Waals surface area (Å²) in [6.45, 7) is 4.08. The van der Waals surface area contributed by atoms with Crippen molar-refractivity contribution in [2.24, 2.45) is 0 Å². The molecule has 2 aromatic heterocycles. The van der Waals surface area contributed by atoms with Gasteiger partial charge in [-0.1, -0.05) is 25.3 Å². The molecule has 2 N–H and O–H groups in total. The molecule has 1 amide bonds. The molecular formula is C29H32F2N6O. The second kappa shape index (κ2) is 10.6. The number of aromatic nitrogens is 3. The molecule has 0 bridgehead atoms. The third-order valence-corrected chi connectivity index (χ3v) is 7.94. The maximum absolute atomic E-state index is 13.5. The van der Waals surface area contributed by atoms with Crippen LogP contribution in [0.15, 0.2) is 42.7 Å². The maximum atomic E-state index is 13.5. The summed E-state index contributed by atoms with van der Waals surface area (Å²) in [6, 6.07) is 10.1. The minimum atomic E-state index is -0.811. The topological polar surface area (TPSA) is 77.2 Å². The summed E-state index contributed by atoms with van der Waals surface area (Å²) in [5.41, 5.74) is 4.08. The van der Waals surface area contributed by atoms with Crippen LogP contribution < -0.4 is 10.2 Å². The lowest BCUT2D eigenvalue weighted by Gasteiger charge is -2.35. The summed E-state index contributed by atoms with van der Waals surface area (Å²) in [5.74, 6) is -0.772. The molecule has 198 valence electrons. The molecule has 2 aliphatic rings. The molecule has 38 heavy (non-hydrogen) atoms. The van der Waals surface area contributed by atoms with E-state index in [1.807, 2.05) is 18.2 Å². The fourth-order valence-corrected chi connectivity index (χ4v) is 5.74. The van der Waals surface area contributed by atoms with Crippen molar-refractivity contribution in [1.29, 1.82) is 0 Å². The Labute approximate surface area is 220 Å². The number of carbonyl (C=O) groups is 1. The molecule has 0 atom stereocenters. The summed E-state index contributed by atoms with van der Waals surface area (Å²) in [5, 5.41) is 4.12. The van der Waals surface area contributed by atoms with Crippen molar-refractivity contribution in [3.8, 4) is 0 Å². The molecule has 0 radical (unpaired) electrons. The van der Waals surface area contributed by atoms with E-state index in [0.29, 0.717) is 12.0 Å². The number of hydrogen-bond donors (Lipinski definition) is 2. The van der Waals surface area contributed by atoms with E-state index in [0.717, 1.165) is 78.9 Å². The largest absolute Gasteiger partial charge is 0.352 e. The molecule has 1 aliphatic carbocycles. The van der Waals surface area contributed by atoms with Crippen molar-refractivity contribution in [1.82, 2.24) is 25.2 Å². The van der Waals surface area contributed by atoms with E-state index in [9.17, 15) is 13.6 Å². The molecule has 6 rings (SSSR count). The Kier molecular flexibility index (Phi) is 6.93. The van der Waals surface area contributed by atoms with Crippen LogP contribution >= 0.6 is 0 Å². The summed E-state index contributed by atoms with van der Waals surface area (Å²) in [4.78, 5) is 30.2. The number of piperazine rings is 1. The zero-order chi connectivity index (χ0) is 26.1. The van der Waals surface area contributed by atoms with Gasteiger partial charge in [0.05, 0.1) is 0 Å². The van der Waals surface area contributed by atoms with Crippen molar-refractivity contribution in [3.63, 3.8) is 0 Å². The predicted octanol–water partition coefficient (Wildman–Crippen LogP) is 4.82. The van der Waals surface area contributed by atoms with Crippen LogP contribution in [-0.2, 0) is 6.42 Å². The van der Waals surface area contributed by atoms with E-state index in [1.165, 1.54) is 31.4 Å². The molecule has 3 heterocycles. The van der Waals surface area contributed by atoms with Gasteiger partial charge >= 0.3 is 0 Å². The smallest absolute Gasteiger partial charge is 0.251 e. The number of rotatable bonds is 6. The zero-order valence-electron chi connectivity index (χ0n) is 21.4. The van der Waals surface area contributed by atoms with Crippen LogP contribution in [0.25, 0.3) is 21.9 Å². The van der Waals surface area contributed by atoms with Gasteiger partial charge < -0.3 is 15.2 Å². The monoisotopic (exact) mass is 518 g/mol. The lowest BCUT2D eigenvalue weighted by molar-refractivity contribution is 0.0928. The van der Waals surface area contributed by atoms with Crippen LogP contribution in [-0.4, -0.2) is 64.5 Å². The number of aromatic amines is 1. The summed E-state index contributed by atoms with van der Waals surface area (Å²) in [7, 11) is 0. The van der Waals surface area contributed by atoms with E-state index in [4.69, 9.17) is 0 Å². The summed E-state index contributed by atoms with van der Waals surface area (Å²) < 4.78 is 26.7. The highest BCUT2D eigenvalue weighted by molar-refractivity contribution is 6.10. The third kappa shape index (κ3) is 5.07. The van der Waals surface area contributed by atoms with Gasteiger partial charge in [0.1, 0.15) is 17.4 Å². The number of hydrogen-bond acceptors (Lipinski definition) is 5. The number of amides is 1. The van der Waals surface area contributed by atoms with Crippen molar-refractivity contribution < 1.29 is 13.6 Å². The Morgan fingerprint density at radius 1 is 0.974 bits per heavy atom. The van der Waals surface area contributed by atoms with Crippen molar-refractivity contribution in [3.05, 3.63) is 65.5 Å². The van der Waals surface area contributed by atoms with Gasteiger partial charge in [-0.15, -0.1) is 0 Å². The predicted molar refractivity (Wildman–Crippen MR) is 144 cm³/mol. The number of carbonyl (C=O) groups excluding carboxylic acids is 1. The highest BCUT2D eigenvalue weighted by Gasteiger charge is 2.22. The minimum Gasteiger partial charge on any atom is -0.352 e. The van der Waals surface area contributed by atoms with Crippen LogP contribution in [0, 0.1) is 11.6 Å². The fourth-order valence-electron chi connectivity index (χ4n) is 5.74. The Morgan fingerprint density at radius 2 is 1.79 bits per heavy atom. The molecule has 2 fully saturated rings. The van der Waals surface area contributed by atoms with Gasteiger partial charge in [0.25, 0.3) is 5.91 Å². The molecule has 1 saturated carbocycles. The maximum Gasteiger partial charge on any atom is 0.251 e. The number of nitrogens with one attached hydrogen (secondary N) is 2. The number of halogens is 2. The van der Waals surface area contributed by atoms with Crippen LogP contribution in [0.4, 0.5) is 14.6 Å². The van der Waals surface area contributed by atoms with Gasteiger partial charge in [0.2, 0.25) is 0 Å². The first kappa shape index (κ1) is 24.7. The highest BCUT2D eigenvalue weighted by atomic mass is 19.2. The van der Waals surface area contributed by atoms with Gasteiger partial charge in [0, 0.05) is 55.2 Å². The number of benzene rings is 2. The molecule has 1 saturated heterocycles. The molecule has 1 aliphatic heterocycles. The Bertz CT molecular complexity index is 1460. The zero-order valence-corrected chi connectivity index (χ0v) is 21.4. The lowest BCUT2D eigenvalue weighted by Crippen LogP contribution is -2.47. The first-order valence-corrected chi connectivity index (χ1v) is 13.5. The molecule has 9 heteroatoms. The first-order chi connectivity index (χ1) is 18.5. The van der Waals surface area contributed by atoms with Crippen LogP contribution in [0.2, 0.25) is 0 Å². The first-order valence-electron chi connectivity index (χ1n) is 13.5. The molecule has 2 aromatic carbocycles. The van der Waals surface area contributed by atoms with Crippen LogP contribution in [0.1, 0.15) is 48.0 Å². The lowest BCUT2D eigenvalue weighted by atomic mass is 9.95. The fraction of sp³-hybridized carbons (Fsp3) is 0.414. The van der Waals surface area contributed by atoms with E-state index in [2.05, 4.69) is 30.1 Å². The third-order valence-electron chi connectivity index (χ3n) is 7.94. The van der Waals surface area contributed by atoms with E-state index >= 15 is 0 Å². The van der Waals surface area contributed by atoms with E-state index < -0.39 is 11.6 Å². The molecule has 0 spiro atoms. The second-order valence-electron chi connectivity index (χ2n) is 10.4.